The van der Waals surface area contributed by atoms with Crippen LogP contribution >= 0.6 is 34.9 Å². The van der Waals surface area contributed by atoms with Crippen LogP contribution in [0.2, 0.25) is 10.0 Å². The third-order valence-corrected chi connectivity index (χ3v) is 5.04. The van der Waals surface area contributed by atoms with E-state index < -0.39 is 5.82 Å². The summed E-state index contributed by atoms with van der Waals surface area (Å²) < 4.78 is 23.9. The summed E-state index contributed by atoms with van der Waals surface area (Å²) >= 11 is 12.7. The van der Waals surface area contributed by atoms with Gasteiger partial charge in [0.05, 0.1) is 40.1 Å². The van der Waals surface area contributed by atoms with Crippen LogP contribution in [-0.2, 0) is 13.1 Å². The van der Waals surface area contributed by atoms with Gasteiger partial charge in [-0.3, -0.25) is 4.79 Å². The van der Waals surface area contributed by atoms with Crippen molar-refractivity contribution < 1.29 is 9.18 Å². The van der Waals surface area contributed by atoms with Crippen LogP contribution in [0.25, 0.3) is 11.5 Å². The van der Waals surface area contributed by atoms with Crippen molar-refractivity contribution in [2.75, 3.05) is 6.54 Å². The Labute approximate surface area is 155 Å². The molecule has 3 heterocycles. The maximum atomic E-state index is 13.8. The van der Waals surface area contributed by atoms with Crippen LogP contribution in [0.4, 0.5) is 4.39 Å². The summed E-state index contributed by atoms with van der Waals surface area (Å²) in [6.07, 6.45) is 1.62. The second kappa shape index (κ2) is 6.32. The van der Waals surface area contributed by atoms with Crippen molar-refractivity contribution in [2.45, 2.75) is 13.1 Å². The lowest BCUT2D eigenvalue weighted by atomic mass is 10.1. The van der Waals surface area contributed by atoms with Gasteiger partial charge in [0.1, 0.15) is 5.69 Å². The van der Waals surface area contributed by atoms with Gasteiger partial charge in [-0.1, -0.05) is 23.2 Å². The van der Waals surface area contributed by atoms with E-state index in [1.54, 1.807) is 11.1 Å². The molecule has 0 radical (unpaired) electrons. The average Bonchev–Trinajstić information content (AvgIpc) is 3.27. The summed E-state index contributed by atoms with van der Waals surface area (Å²) in [6, 6.07) is 2.73. The molecule has 1 amide bonds. The Morgan fingerprint density at radius 1 is 1.24 bits per heavy atom. The Bertz CT molecular complexity index is 961. The molecule has 128 valence electrons. The number of rotatable bonds is 2. The van der Waals surface area contributed by atoms with Crippen molar-refractivity contribution >= 4 is 40.8 Å². The molecule has 0 fully saturated rings. The number of carbonyl (C=O) groups excluding carboxylic acids is 1. The highest BCUT2D eigenvalue weighted by molar-refractivity contribution is 6.99. The zero-order valence-electron chi connectivity index (χ0n) is 12.5. The molecule has 3 aromatic rings. The molecular formula is C14H9Cl2FN6OS. The number of hydrogen-bond acceptors (Lipinski definition) is 6. The van der Waals surface area contributed by atoms with Crippen molar-refractivity contribution in [2.24, 2.45) is 0 Å². The molecule has 1 aliphatic rings. The first kappa shape index (κ1) is 16.4. The Hall–Kier alpha value is -2.10. The molecule has 1 aliphatic heterocycles. The van der Waals surface area contributed by atoms with Gasteiger partial charge in [0, 0.05) is 13.1 Å². The van der Waals surface area contributed by atoms with Crippen molar-refractivity contribution in [3.8, 4) is 11.5 Å². The molecule has 4 rings (SSSR count). The molecule has 0 saturated heterocycles. The second-order valence-corrected chi connectivity index (χ2v) is 6.68. The highest BCUT2D eigenvalue weighted by Gasteiger charge is 2.28. The van der Waals surface area contributed by atoms with Crippen molar-refractivity contribution in [1.82, 2.24) is 28.4 Å². The maximum absolute atomic E-state index is 13.8. The SMILES string of the molecule is O=C(c1ccc(Cl)c(F)c1Cl)N1CCn2c(nnc2-c2cnsn2)C1. The number of fused-ring (bicyclic) bond motifs is 1. The molecule has 11 heteroatoms. The van der Waals surface area contributed by atoms with Crippen LogP contribution < -0.4 is 0 Å². The van der Waals surface area contributed by atoms with Crippen LogP contribution in [0.3, 0.4) is 0 Å². The van der Waals surface area contributed by atoms with Crippen LogP contribution in [-0.4, -0.2) is 40.9 Å². The molecule has 7 nitrogen and oxygen atoms in total. The predicted octanol–water partition coefficient (Wildman–Crippen LogP) is 2.90. The molecule has 0 aliphatic carbocycles. The Kier molecular flexibility index (Phi) is 4.14. The van der Waals surface area contributed by atoms with Crippen molar-refractivity contribution in [3.63, 3.8) is 0 Å². The monoisotopic (exact) mass is 398 g/mol. The van der Waals surface area contributed by atoms with Gasteiger partial charge in [-0.05, 0) is 12.1 Å². The standard InChI is InChI=1S/C14H9Cl2FN6OS/c15-8-2-1-7(11(16)12(8)17)14(24)22-3-4-23-10(6-22)19-20-13(23)9-5-18-25-21-9/h1-2,5H,3-4,6H2. The Morgan fingerprint density at radius 3 is 2.84 bits per heavy atom. The minimum Gasteiger partial charge on any atom is -0.329 e. The molecule has 2 aromatic heterocycles. The number of halogens is 3. The number of hydrogen-bond donors (Lipinski definition) is 0. The zero-order valence-corrected chi connectivity index (χ0v) is 14.8. The van der Waals surface area contributed by atoms with Gasteiger partial charge < -0.3 is 9.47 Å². The van der Waals surface area contributed by atoms with Gasteiger partial charge in [-0.15, -0.1) is 10.2 Å². The minimum absolute atomic E-state index is 0.0699. The Balaban J connectivity index is 1.61. The number of benzene rings is 1. The van der Waals surface area contributed by atoms with Crippen LogP contribution in [0.15, 0.2) is 18.3 Å². The summed E-state index contributed by atoms with van der Waals surface area (Å²) in [6.45, 7) is 1.15. The van der Waals surface area contributed by atoms with E-state index in [9.17, 15) is 9.18 Å². The van der Waals surface area contributed by atoms with E-state index in [1.165, 1.54) is 12.1 Å². The molecule has 0 bridgehead atoms. The molecular weight excluding hydrogens is 390 g/mol. The van der Waals surface area contributed by atoms with Gasteiger partial charge >= 0.3 is 0 Å². The van der Waals surface area contributed by atoms with E-state index >= 15 is 0 Å². The van der Waals surface area contributed by atoms with Crippen LogP contribution in [0.5, 0.6) is 0 Å². The van der Waals surface area contributed by atoms with Crippen LogP contribution in [0, 0.1) is 5.82 Å². The normalized spacial score (nSPS) is 13.8. The maximum Gasteiger partial charge on any atom is 0.255 e. The fourth-order valence-electron chi connectivity index (χ4n) is 2.65. The van der Waals surface area contributed by atoms with E-state index in [-0.39, 0.29) is 28.1 Å². The van der Waals surface area contributed by atoms with E-state index in [2.05, 4.69) is 18.9 Å². The summed E-state index contributed by atoms with van der Waals surface area (Å²) in [5.74, 6) is 0.0546. The number of carbonyl (C=O) groups is 1. The molecule has 0 N–H and O–H groups in total. The van der Waals surface area contributed by atoms with Gasteiger partial charge in [0.25, 0.3) is 5.91 Å². The van der Waals surface area contributed by atoms with Gasteiger partial charge in [0.2, 0.25) is 0 Å². The summed E-state index contributed by atoms with van der Waals surface area (Å²) in [5.41, 5.74) is 0.715. The lowest BCUT2D eigenvalue weighted by Gasteiger charge is -2.28. The quantitative estimate of drug-likeness (QED) is 0.620. The first-order valence-corrected chi connectivity index (χ1v) is 8.67. The lowest BCUT2D eigenvalue weighted by Crippen LogP contribution is -2.38. The average molecular weight is 399 g/mol. The first-order valence-electron chi connectivity index (χ1n) is 7.19. The van der Waals surface area contributed by atoms with Gasteiger partial charge in [-0.2, -0.15) is 8.75 Å². The Morgan fingerprint density at radius 2 is 2.08 bits per heavy atom. The molecule has 1 aromatic carbocycles. The van der Waals surface area contributed by atoms with Crippen molar-refractivity contribution in [3.05, 3.63) is 45.6 Å². The molecule has 0 unspecified atom stereocenters. The minimum atomic E-state index is -0.798. The molecule has 0 spiro atoms. The van der Waals surface area contributed by atoms with E-state index in [4.69, 9.17) is 23.2 Å². The summed E-state index contributed by atoms with van der Waals surface area (Å²) in [5, 5.41) is 7.84. The number of amides is 1. The van der Waals surface area contributed by atoms with Crippen molar-refractivity contribution in [1.29, 1.82) is 0 Å². The van der Waals surface area contributed by atoms with E-state index in [0.29, 0.717) is 30.4 Å². The highest BCUT2D eigenvalue weighted by atomic mass is 35.5. The van der Waals surface area contributed by atoms with E-state index in [0.717, 1.165) is 11.7 Å². The van der Waals surface area contributed by atoms with Gasteiger partial charge in [0.15, 0.2) is 17.5 Å². The molecule has 25 heavy (non-hydrogen) atoms. The topological polar surface area (TPSA) is 76.8 Å². The zero-order chi connectivity index (χ0) is 17.6. The molecule has 0 atom stereocenters. The first-order chi connectivity index (χ1) is 12.1. The second-order valence-electron chi connectivity index (χ2n) is 5.33. The summed E-state index contributed by atoms with van der Waals surface area (Å²) in [7, 11) is 0. The largest absolute Gasteiger partial charge is 0.329 e. The highest BCUT2D eigenvalue weighted by Crippen LogP contribution is 2.28. The van der Waals surface area contributed by atoms with Crippen LogP contribution in [0.1, 0.15) is 16.2 Å². The lowest BCUT2D eigenvalue weighted by molar-refractivity contribution is 0.0707. The summed E-state index contributed by atoms with van der Waals surface area (Å²) in [4.78, 5) is 14.2. The fraction of sp³-hybridized carbons (Fsp3) is 0.214. The van der Waals surface area contributed by atoms with E-state index in [1.807, 2.05) is 4.57 Å². The third kappa shape index (κ3) is 2.78. The smallest absolute Gasteiger partial charge is 0.255 e. The predicted molar refractivity (Wildman–Crippen MR) is 90.1 cm³/mol. The number of nitrogens with zero attached hydrogens (tertiary/aromatic N) is 6. The molecule has 0 saturated carbocycles. The number of aromatic nitrogens is 5. The third-order valence-electron chi connectivity index (χ3n) is 3.90. The fourth-order valence-corrected chi connectivity index (χ4v) is 3.51. The van der Waals surface area contributed by atoms with Gasteiger partial charge in [-0.25, -0.2) is 4.39 Å².